The van der Waals surface area contributed by atoms with Crippen LogP contribution in [0.2, 0.25) is 0 Å². The first-order chi connectivity index (χ1) is 24.3. The summed E-state index contributed by atoms with van der Waals surface area (Å²) < 4.78 is 6.39. The number of para-hydroxylation sites is 2. The molecule has 0 aliphatic carbocycles. The Labute approximate surface area is 284 Å². The summed E-state index contributed by atoms with van der Waals surface area (Å²) in [6.07, 6.45) is 0. The molecule has 0 atom stereocenters. The Hall–Kier alpha value is -6.44. The highest BCUT2D eigenvalue weighted by molar-refractivity contribution is 6.23. The maximum Gasteiger partial charge on any atom is 0.143 e. The van der Waals surface area contributed by atoms with Crippen molar-refractivity contribution >= 4 is 54.3 Å². The maximum atomic E-state index is 6.39. The molecule has 1 nitrogen and oxygen atoms in total. The fourth-order valence-electron chi connectivity index (χ4n) is 7.82. The predicted octanol–water partition coefficient (Wildman–Crippen LogP) is 13.7. The summed E-state index contributed by atoms with van der Waals surface area (Å²) in [5.41, 5.74) is 11.5. The van der Waals surface area contributed by atoms with E-state index < -0.39 is 0 Å². The van der Waals surface area contributed by atoms with Gasteiger partial charge in [-0.15, -0.1) is 0 Å². The van der Waals surface area contributed by atoms with Crippen LogP contribution in [0.25, 0.3) is 98.8 Å². The van der Waals surface area contributed by atoms with Crippen molar-refractivity contribution in [1.82, 2.24) is 0 Å². The minimum absolute atomic E-state index is 0.919. The molecule has 0 saturated heterocycles. The number of hydrogen-bond acceptors (Lipinski definition) is 1. The second kappa shape index (κ2) is 11.1. The topological polar surface area (TPSA) is 13.1 Å². The molecule has 228 valence electrons. The Morgan fingerprint density at radius 1 is 0.286 bits per heavy atom. The standard InChI is InChI=1S/C48H30O/c1-2-12-31(13-3-1)35-29-26-32-14-10-21-42(44(32)30-35)47-40-18-6-4-16-38(40)46(39-17-5-7-19-41(39)47)34-27-24-33(25-28-34)36-20-11-22-43-37-15-8-9-23-45(37)49-48(36)43/h1-30H. The van der Waals surface area contributed by atoms with E-state index in [1.54, 1.807) is 0 Å². The van der Waals surface area contributed by atoms with Crippen LogP contribution >= 0.6 is 0 Å². The van der Waals surface area contributed by atoms with Gasteiger partial charge in [-0.2, -0.15) is 0 Å². The molecule has 0 unspecified atom stereocenters. The molecule has 10 aromatic rings. The highest BCUT2D eigenvalue weighted by Gasteiger charge is 2.19. The van der Waals surface area contributed by atoms with Crippen molar-refractivity contribution in [2.75, 3.05) is 0 Å². The molecule has 1 heterocycles. The Morgan fingerprint density at radius 3 is 1.57 bits per heavy atom. The summed E-state index contributed by atoms with van der Waals surface area (Å²) >= 11 is 0. The zero-order chi connectivity index (χ0) is 32.3. The van der Waals surface area contributed by atoms with Gasteiger partial charge in [-0.25, -0.2) is 0 Å². The largest absolute Gasteiger partial charge is 0.455 e. The summed E-state index contributed by atoms with van der Waals surface area (Å²) in [6.45, 7) is 0. The highest BCUT2D eigenvalue weighted by atomic mass is 16.3. The number of hydrogen-bond donors (Lipinski definition) is 0. The second-order valence-electron chi connectivity index (χ2n) is 12.8. The third-order valence-corrected chi connectivity index (χ3v) is 10.1. The molecule has 0 N–H and O–H groups in total. The van der Waals surface area contributed by atoms with Gasteiger partial charge >= 0.3 is 0 Å². The van der Waals surface area contributed by atoms with E-state index >= 15 is 0 Å². The molecule has 0 bridgehead atoms. The van der Waals surface area contributed by atoms with E-state index in [1.807, 2.05) is 12.1 Å². The molecule has 0 aliphatic rings. The quantitative estimate of drug-likeness (QED) is 0.178. The van der Waals surface area contributed by atoms with E-state index in [-0.39, 0.29) is 0 Å². The first kappa shape index (κ1) is 27.7. The molecule has 0 amide bonds. The van der Waals surface area contributed by atoms with Crippen LogP contribution in [0.1, 0.15) is 0 Å². The number of benzene rings is 9. The Bertz CT molecular complexity index is 2800. The van der Waals surface area contributed by atoms with E-state index in [2.05, 4.69) is 170 Å². The third-order valence-electron chi connectivity index (χ3n) is 10.1. The van der Waals surface area contributed by atoms with Crippen LogP contribution in [-0.2, 0) is 0 Å². The van der Waals surface area contributed by atoms with E-state index in [0.717, 1.165) is 33.1 Å². The van der Waals surface area contributed by atoms with Crippen molar-refractivity contribution in [3.8, 4) is 44.5 Å². The summed E-state index contributed by atoms with van der Waals surface area (Å²) in [7, 11) is 0. The predicted molar refractivity (Wildman–Crippen MR) is 208 cm³/mol. The van der Waals surface area contributed by atoms with Crippen LogP contribution < -0.4 is 0 Å². The van der Waals surface area contributed by atoms with E-state index in [0.29, 0.717) is 0 Å². The fourth-order valence-corrected chi connectivity index (χ4v) is 7.82. The van der Waals surface area contributed by atoms with Gasteiger partial charge in [0.25, 0.3) is 0 Å². The van der Waals surface area contributed by atoms with Gasteiger partial charge < -0.3 is 4.42 Å². The number of furan rings is 1. The summed E-state index contributed by atoms with van der Waals surface area (Å²) in [5.74, 6) is 0. The van der Waals surface area contributed by atoms with Crippen molar-refractivity contribution in [3.05, 3.63) is 182 Å². The van der Waals surface area contributed by atoms with E-state index in [1.165, 1.54) is 65.7 Å². The van der Waals surface area contributed by atoms with Gasteiger partial charge in [0.15, 0.2) is 0 Å². The van der Waals surface area contributed by atoms with E-state index in [9.17, 15) is 0 Å². The van der Waals surface area contributed by atoms with Crippen molar-refractivity contribution in [2.24, 2.45) is 0 Å². The molecule has 0 aliphatic heterocycles. The molecule has 10 rings (SSSR count). The molecular formula is C48H30O. The van der Waals surface area contributed by atoms with Crippen molar-refractivity contribution in [1.29, 1.82) is 0 Å². The van der Waals surface area contributed by atoms with Crippen LogP contribution in [0.15, 0.2) is 186 Å². The molecule has 9 aromatic carbocycles. The molecule has 0 radical (unpaired) electrons. The van der Waals surface area contributed by atoms with Crippen molar-refractivity contribution < 1.29 is 4.42 Å². The van der Waals surface area contributed by atoms with Gasteiger partial charge in [-0.3, -0.25) is 0 Å². The van der Waals surface area contributed by atoms with Gasteiger partial charge in [-0.1, -0.05) is 170 Å². The lowest BCUT2D eigenvalue weighted by atomic mass is 9.84. The summed E-state index contributed by atoms with van der Waals surface area (Å²) in [4.78, 5) is 0. The van der Waals surface area contributed by atoms with Gasteiger partial charge in [-0.05, 0) is 83.4 Å². The maximum absolute atomic E-state index is 6.39. The smallest absolute Gasteiger partial charge is 0.143 e. The second-order valence-corrected chi connectivity index (χ2v) is 12.8. The van der Waals surface area contributed by atoms with Gasteiger partial charge in [0.05, 0.1) is 0 Å². The van der Waals surface area contributed by atoms with Crippen LogP contribution in [0.5, 0.6) is 0 Å². The monoisotopic (exact) mass is 622 g/mol. The molecular weight excluding hydrogens is 593 g/mol. The third kappa shape index (κ3) is 4.40. The Morgan fingerprint density at radius 2 is 0.837 bits per heavy atom. The lowest BCUT2D eigenvalue weighted by Gasteiger charge is -2.19. The van der Waals surface area contributed by atoms with Crippen LogP contribution in [0.4, 0.5) is 0 Å². The molecule has 0 saturated carbocycles. The first-order valence-corrected chi connectivity index (χ1v) is 16.8. The van der Waals surface area contributed by atoms with Gasteiger partial charge in [0, 0.05) is 16.3 Å². The highest BCUT2D eigenvalue weighted by Crippen LogP contribution is 2.46. The number of fused-ring (bicyclic) bond motifs is 6. The Kier molecular flexibility index (Phi) is 6.25. The fraction of sp³-hybridized carbons (Fsp3) is 0. The van der Waals surface area contributed by atoms with Crippen molar-refractivity contribution in [2.45, 2.75) is 0 Å². The lowest BCUT2D eigenvalue weighted by Crippen LogP contribution is -1.92. The number of rotatable bonds is 4. The summed E-state index contributed by atoms with van der Waals surface area (Å²) in [5, 5.41) is 9.81. The zero-order valence-corrected chi connectivity index (χ0v) is 26.7. The SMILES string of the molecule is c1ccc(-c2ccc3cccc(-c4c5ccccc5c(-c5ccc(-c6cccc7c6oc6ccccc67)cc5)c5ccccc45)c3c2)cc1. The molecule has 0 spiro atoms. The minimum atomic E-state index is 0.919. The van der Waals surface area contributed by atoms with Crippen LogP contribution in [0.3, 0.4) is 0 Å². The summed E-state index contributed by atoms with van der Waals surface area (Å²) in [6, 6.07) is 65.8. The molecule has 1 heteroatoms. The molecule has 1 aromatic heterocycles. The average Bonchev–Trinajstić information content (AvgIpc) is 3.56. The minimum Gasteiger partial charge on any atom is -0.455 e. The molecule has 0 fully saturated rings. The lowest BCUT2D eigenvalue weighted by molar-refractivity contribution is 0.670. The normalized spacial score (nSPS) is 11.7. The van der Waals surface area contributed by atoms with Crippen LogP contribution in [0, 0.1) is 0 Å². The zero-order valence-electron chi connectivity index (χ0n) is 26.7. The average molecular weight is 623 g/mol. The van der Waals surface area contributed by atoms with Gasteiger partial charge in [0.1, 0.15) is 11.2 Å². The molecule has 49 heavy (non-hydrogen) atoms. The van der Waals surface area contributed by atoms with E-state index in [4.69, 9.17) is 4.42 Å². The van der Waals surface area contributed by atoms with Gasteiger partial charge in [0.2, 0.25) is 0 Å². The van der Waals surface area contributed by atoms with Crippen molar-refractivity contribution in [3.63, 3.8) is 0 Å². The first-order valence-electron chi connectivity index (χ1n) is 16.8. The Balaban J connectivity index is 1.18. The van der Waals surface area contributed by atoms with Crippen LogP contribution in [-0.4, -0.2) is 0 Å².